The van der Waals surface area contributed by atoms with Crippen LogP contribution in [0.5, 0.6) is 11.5 Å². The summed E-state index contributed by atoms with van der Waals surface area (Å²) in [5.74, 6) is 1.79. The van der Waals surface area contributed by atoms with Gasteiger partial charge in [-0.3, -0.25) is 0 Å². The molecule has 5 nitrogen and oxygen atoms in total. The lowest BCUT2D eigenvalue weighted by atomic mass is 9.71. The monoisotopic (exact) mass is 769 g/mol. The molecule has 0 spiro atoms. The van der Waals surface area contributed by atoms with Crippen molar-refractivity contribution < 1.29 is 18.9 Å². The molecule has 2 unspecified atom stereocenters. The molecule has 1 aliphatic carbocycles. The van der Waals surface area contributed by atoms with Crippen molar-refractivity contribution in [1.82, 2.24) is 0 Å². The molecule has 2 fully saturated rings. The van der Waals surface area contributed by atoms with Crippen LogP contribution >= 0.6 is 0 Å². The molecule has 2 aliphatic heterocycles. The molecule has 0 saturated carbocycles. The van der Waals surface area contributed by atoms with E-state index in [0.29, 0.717) is 13.2 Å². The molecule has 3 aliphatic rings. The minimum Gasteiger partial charge on any atom is -0.493 e. The van der Waals surface area contributed by atoms with Gasteiger partial charge in [-0.25, -0.2) is 0 Å². The van der Waals surface area contributed by atoms with Gasteiger partial charge in [-0.1, -0.05) is 118 Å². The average molecular weight is 770 g/mol. The molecule has 0 aromatic heterocycles. The van der Waals surface area contributed by atoms with E-state index in [1.165, 1.54) is 88.7 Å². The number of fused-ring (bicyclic) bond motifs is 3. The number of hydrogen-bond donors (Lipinski definition) is 0. The first-order chi connectivity index (χ1) is 28.6. The summed E-state index contributed by atoms with van der Waals surface area (Å²) in [5.41, 5.74) is 14.2. The molecule has 0 bridgehead atoms. The number of benzene rings is 6. The number of rotatable bonds is 19. The Morgan fingerprint density at radius 3 is 1.48 bits per heavy atom. The number of ether oxygens (including phenoxy) is 4. The summed E-state index contributed by atoms with van der Waals surface area (Å²) in [6.45, 7) is 7.53. The zero-order valence-electron chi connectivity index (χ0n) is 34.0. The molecule has 2 atom stereocenters. The van der Waals surface area contributed by atoms with Crippen LogP contribution in [0.15, 0.2) is 140 Å². The lowest BCUT2D eigenvalue weighted by molar-refractivity contribution is 0.321. The van der Waals surface area contributed by atoms with E-state index in [9.17, 15) is 0 Å². The molecule has 6 aromatic rings. The minimum atomic E-state index is 0.0192. The molecule has 0 N–H and O–H groups in total. The zero-order chi connectivity index (χ0) is 39.3. The third-order valence-corrected chi connectivity index (χ3v) is 12.3. The highest BCUT2D eigenvalue weighted by atomic mass is 16.6. The Hall–Kier alpha value is -5.36. The van der Waals surface area contributed by atoms with Crippen LogP contribution in [0.3, 0.4) is 0 Å². The van der Waals surface area contributed by atoms with E-state index in [2.05, 4.69) is 134 Å². The number of anilines is 3. The molecule has 5 heteroatoms. The molecule has 58 heavy (non-hydrogen) atoms. The van der Waals surface area contributed by atoms with Crippen molar-refractivity contribution in [1.29, 1.82) is 0 Å². The van der Waals surface area contributed by atoms with Gasteiger partial charge in [-0.2, -0.15) is 0 Å². The van der Waals surface area contributed by atoms with Crippen LogP contribution in [0.4, 0.5) is 17.1 Å². The van der Waals surface area contributed by atoms with Crippen LogP contribution in [0.2, 0.25) is 0 Å². The number of hydrogen-bond acceptors (Lipinski definition) is 5. The first-order valence-electron chi connectivity index (χ1n) is 21.5. The van der Waals surface area contributed by atoms with Crippen molar-refractivity contribution in [2.45, 2.75) is 82.8 Å². The lowest BCUT2D eigenvalue weighted by Gasteiger charge is -2.34. The summed E-state index contributed by atoms with van der Waals surface area (Å²) in [6, 6.07) is 51.2. The summed E-state index contributed by atoms with van der Waals surface area (Å²) in [5, 5.41) is 0. The summed E-state index contributed by atoms with van der Waals surface area (Å²) in [6.07, 6.45) is 9.33. The molecular formula is C53H55NO4. The highest BCUT2D eigenvalue weighted by Gasteiger charge is 2.42. The Morgan fingerprint density at radius 2 is 1.00 bits per heavy atom. The quantitative estimate of drug-likeness (QED) is 0.0768. The molecule has 6 aromatic carbocycles. The molecule has 0 amide bonds. The SMILES string of the molecule is CCCCC1(CCCC)c2ccccc2-c2ccc(N(c3ccc(CCOc4ccc(C5CO5)cc4)cc3)c3ccc(CCOc4ccc(C5CO5)cc4)cc3)cc21. The van der Waals surface area contributed by atoms with Crippen LogP contribution in [0, 0.1) is 0 Å². The number of nitrogens with zero attached hydrogens (tertiary/aromatic N) is 1. The second kappa shape index (κ2) is 17.2. The number of unbranched alkanes of at least 4 members (excludes halogenated alkanes) is 2. The summed E-state index contributed by atoms with van der Waals surface area (Å²) >= 11 is 0. The highest BCUT2D eigenvalue weighted by molar-refractivity contribution is 5.86. The zero-order valence-corrected chi connectivity index (χ0v) is 34.0. The van der Waals surface area contributed by atoms with E-state index in [1.54, 1.807) is 0 Å². The minimum absolute atomic E-state index is 0.0192. The second-order valence-electron chi connectivity index (χ2n) is 16.2. The van der Waals surface area contributed by atoms with Gasteiger partial charge in [0.1, 0.15) is 23.7 Å². The van der Waals surface area contributed by atoms with E-state index >= 15 is 0 Å². The predicted octanol–water partition coefficient (Wildman–Crippen LogP) is 13.2. The first-order valence-corrected chi connectivity index (χ1v) is 21.5. The molecular weight excluding hydrogens is 715 g/mol. The lowest BCUT2D eigenvalue weighted by Crippen LogP contribution is -2.25. The van der Waals surface area contributed by atoms with Gasteiger partial charge in [0.2, 0.25) is 0 Å². The first kappa shape index (κ1) is 38.2. The van der Waals surface area contributed by atoms with Crippen LogP contribution in [0.1, 0.15) is 98.0 Å². The standard InChI is InChI=1S/C53H55NO4/c1-3-5-31-53(32-6-4-2)49-10-8-7-9-47(49)48-28-23-44(35-50(48)53)54(42-19-11-38(12-20-42)29-33-55-45-24-15-40(16-25-45)51-36-57-51)43-21-13-39(14-22-43)30-34-56-46-26-17-41(18-27-46)52-37-58-52/h7-28,35,51-52H,3-6,29-34,36-37H2,1-2H3. The highest BCUT2D eigenvalue weighted by Crippen LogP contribution is 2.55. The van der Waals surface area contributed by atoms with Crippen LogP contribution in [-0.4, -0.2) is 26.4 Å². The largest absolute Gasteiger partial charge is 0.493 e. The van der Waals surface area contributed by atoms with Crippen molar-refractivity contribution in [3.05, 3.63) is 173 Å². The molecule has 9 rings (SSSR count). The normalized spacial score (nSPS) is 17.0. The fourth-order valence-corrected chi connectivity index (χ4v) is 8.89. The Labute approximate surface area is 344 Å². The van der Waals surface area contributed by atoms with Gasteiger partial charge in [-0.05, 0) is 118 Å². The maximum atomic E-state index is 6.14. The summed E-state index contributed by atoms with van der Waals surface area (Å²) in [4.78, 5) is 2.44. The molecule has 0 radical (unpaired) electrons. The van der Waals surface area contributed by atoms with Gasteiger partial charge in [0.15, 0.2) is 0 Å². The third kappa shape index (κ3) is 8.30. The Morgan fingerprint density at radius 1 is 0.534 bits per heavy atom. The summed E-state index contributed by atoms with van der Waals surface area (Å²) < 4.78 is 23.1. The van der Waals surface area contributed by atoms with Gasteiger partial charge >= 0.3 is 0 Å². The fourth-order valence-electron chi connectivity index (χ4n) is 8.89. The van der Waals surface area contributed by atoms with Crippen LogP contribution < -0.4 is 14.4 Å². The van der Waals surface area contributed by atoms with Crippen molar-refractivity contribution in [2.75, 3.05) is 31.3 Å². The van der Waals surface area contributed by atoms with Crippen molar-refractivity contribution in [2.24, 2.45) is 0 Å². The van der Waals surface area contributed by atoms with Gasteiger partial charge < -0.3 is 23.8 Å². The molecule has 2 heterocycles. The van der Waals surface area contributed by atoms with Crippen LogP contribution in [0.25, 0.3) is 11.1 Å². The predicted molar refractivity (Wildman–Crippen MR) is 235 cm³/mol. The smallest absolute Gasteiger partial charge is 0.119 e. The van der Waals surface area contributed by atoms with Gasteiger partial charge in [0, 0.05) is 35.3 Å². The van der Waals surface area contributed by atoms with Gasteiger partial charge in [-0.15, -0.1) is 0 Å². The van der Waals surface area contributed by atoms with E-state index < -0.39 is 0 Å². The maximum absolute atomic E-state index is 6.14. The molecule has 2 saturated heterocycles. The van der Waals surface area contributed by atoms with E-state index in [-0.39, 0.29) is 17.6 Å². The Balaban J connectivity index is 0.980. The second-order valence-corrected chi connectivity index (χ2v) is 16.2. The van der Waals surface area contributed by atoms with Crippen LogP contribution in [-0.2, 0) is 27.7 Å². The Bertz CT molecular complexity index is 2160. The van der Waals surface area contributed by atoms with Crippen molar-refractivity contribution in [3.63, 3.8) is 0 Å². The maximum Gasteiger partial charge on any atom is 0.119 e. The summed E-state index contributed by atoms with van der Waals surface area (Å²) in [7, 11) is 0. The van der Waals surface area contributed by atoms with Gasteiger partial charge in [0.25, 0.3) is 0 Å². The third-order valence-electron chi connectivity index (χ3n) is 12.3. The van der Waals surface area contributed by atoms with Crippen molar-refractivity contribution in [3.8, 4) is 22.6 Å². The van der Waals surface area contributed by atoms with Crippen molar-refractivity contribution >= 4 is 17.1 Å². The van der Waals surface area contributed by atoms with E-state index in [1.807, 2.05) is 24.3 Å². The molecule has 296 valence electrons. The average Bonchev–Trinajstić information content (AvgIpc) is 4.22. The Kier molecular flexibility index (Phi) is 11.3. The topological polar surface area (TPSA) is 46.8 Å². The van der Waals surface area contributed by atoms with Gasteiger partial charge in [0.05, 0.1) is 26.4 Å². The van der Waals surface area contributed by atoms with E-state index in [4.69, 9.17) is 18.9 Å². The number of epoxide rings is 2. The fraction of sp³-hybridized carbons (Fsp3) is 0.321. The van der Waals surface area contributed by atoms with E-state index in [0.717, 1.165) is 48.9 Å².